The number of guanidine groups is 1. The molecule has 1 aromatic carbocycles. The quantitative estimate of drug-likeness (QED) is 0.323. The molecule has 124 valence electrons. The Morgan fingerprint density at radius 3 is 2.45 bits per heavy atom. The summed E-state index contributed by atoms with van der Waals surface area (Å²) < 4.78 is 34.8. The molecule has 0 bridgehead atoms. The Kier molecular flexibility index (Phi) is 8.26. The zero-order valence-corrected chi connectivity index (χ0v) is 14.4. The summed E-state index contributed by atoms with van der Waals surface area (Å²) in [4.78, 5) is 5.06. The Morgan fingerprint density at radius 1 is 1.23 bits per heavy atom. The van der Waals surface area contributed by atoms with Crippen LogP contribution in [-0.2, 0) is 9.84 Å². The van der Waals surface area contributed by atoms with Crippen molar-refractivity contribution in [2.75, 3.05) is 37.9 Å². The van der Waals surface area contributed by atoms with E-state index < -0.39 is 9.84 Å². The summed E-state index contributed by atoms with van der Waals surface area (Å²) >= 11 is 1.66. The van der Waals surface area contributed by atoms with Gasteiger partial charge in [0.1, 0.15) is 15.7 Å². The van der Waals surface area contributed by atoms with Crippen LogP contribution in [0, 0.1) is 5.82 Å². The summed E-state index contributed by atoms with van der Waals surface area (Å²) in [5.41, 5.74) is 0. The van der Waals surface area contributed by atoms with Gasteiger partial charge in [-0.2, -0.15) is 0 Å². The molecular weight excluding hydrogens is 325 g/mol. The van der Waals surface area contributed by atoms with E-state index in [0.717, 1.165) is 23.6 Å². The van der Waals surface area contributed by atoms with Gasteiger partial charge in [-0.1, -0.05) is 0 Å². The molecule has 0 aliphatic heterocycles. The van der Waals surface area contributed by atoms with Crippen LogP contribution in [0.2, 0.25) is 0 Å². The van der Waals surface area contributed by atoms with Gasteiger partial charge >= 0.3 is 0 Å². The number of thioether (sulfide) groups is 1. The van der Waals surface area contributed by atoms with Crippen LogP contribution in [0.15, 0.2) is 34.2 Å². The van der Waals surface area contributed by atoms with E-state index in [4.69, 9.17) is 0 Å². The van der Waals surface area contributed by atoms with Crippen molar-refractivity contribution in [3.63, 3.8) is 0 Å². The number of halogens is 1. The van der Waals surface area contributed by atoms with Crippen molar-refractivity contribution in [3.8, 4) is 0 Å². The third-order valence-corrected chi connectivity index (χ3v) is 4.73. The van der Waals surface area contributed by atoms with Crippen LogP contribution >= 0.6 is 11.8 Å². The van der Waals surface area contributed by atoms with Gasteiger partial charge in [-0.3, -0.25) is 4.99 Å². The van der Waals surface area contributed by atoms with Gasteiger partial charge in [0, 0.05) is 31.3 Å². The molecule has 1 rings (SSSR count). The maximum atomic E-state index is 12.8. The molecule has 0 aliphatic rings. The monoisotopic (exact) mass is 347 g/mol. The van der Waals surface area contributed by atoms with E-state index >= 15 is 0 Å². The van der Waals surface area contributed by atoms with Crippen molar-refractivity contribution < 1.29 is 12.8 Å². The molecule has 8 heteroatoms. The van der Waals surface area contributed by atoms with Gasteiger partial charge in [-0.15, -0.1) is 11.8 Å². The predicted molar refractivity (Wildman–Crippen MR) is 90.8 cm³/mol. The standard InChI is InChI=1S/C14H22FN3O2S2/c1-16-14(18-9-11-22(2,19)20)17-8-3-10-21-13-6-4-12(15)5-7-13/h4-7H,3,8-11H2,1-2H3,(H2,16,17,18). The maximum Gasteiger partial charge on any atom is 0.191 e. The summed E-state index contributed by atoms with van der Waals surface area (Å²) in [6, 6.07) is 6.43. The average Bonchev–Trinajstić information content (AvgIpc) is 2.45. The van der Waals surface area contributed by atoms with Crippen LogP contribution < -0.4 is 10.6 Å². The van der Waals surface area contributed by atoms with E-state index in [9.17, 15) is 12.8 Å². The van der Waals surface area contributed by atoms with Gasteiger partial charge in [0.25, 0.3) is 0 Å². The van der Waals surface area contributed by atoms with Crippen LogP contribution in [0.5, 0.6) is 0 Å². The van der Waals surface area contributed by atoms with Crippen molar-refractivity contribution in [1.29, 1.82) is 0 Å². The highest BCUT2D eigenvalue weighted by atomic mass is 32.2. The fourth-order valence-electron chi connectivity index (χ4n) is 1.58. The summed E-state index contributed by atoms with van der Waals surface area (Å²) in [5, 5.41) is 6.07. The number of rotatable bonds is 8. The Hall–Kier alpha value is -1.28. The van der Waals surface area contributed by atoms with Gasteiger partial charge in [-0.05, 0) is 36.4 Å². The van der Waals surface area contributed by atoms with Crippen LogP contribution in [0.3, 0.4) is 0 Å². The predicted octanol–water partition coefficient (Wildman–Crippen LogP) is 1.52. The SMILES string of the molecule is CN=C(NCCCSc1ccc(F)cc1)NCCS(C)(=O)=O. The zero-order valence-electron chi connectivity index (χ0n) is 12.8. The highest BCUT2D eigenvalue weighted by Crippen LogP contribution is 2.18. The summed E-state index contributed by atoms with van der Waals surface area (Å²) in [6.07, 6.45) is 2.12. The molecule has 0 unspecified atom stereocenters. The largest absolute Gasteiger partial charge is 0.356 e. The molecule has 0 fully saturated rings. The fraction of sp³-hybridized carbons (Fsp3) is 0.500. The normalized spacial score (nSPS) is 12.2. The summed E-state index contributed by atoms with van der Waals surface area (Å²) in [7, 11) is -1.32. The molecule has 0 aromatic heterocycles. The molecule has 2 N–H and O–H groups in total. The Bertz CT molecular complexity index is 574. The van der Waals surface area contributed by atoms with Gasteiger partial charge in [0.2, 0.25) is 0 Å². The highest BCUT2D eigenvalue weighted by Gasteiger charge is 2.03. The first-order valence-corrected chi connectivity index (χ1v) is 9.96. The average molecular weight is 347 g/mol. The lowest BCUT2D eigenvalue weighted by Crippen LogP contribution is -2.40. The lowest BCUT2D eigenvalue weighted by Gasteiger charge is -2.11. The Balaban J connectivity index is 2.15. The molecule has 0 saturated heterocycles. The molecule has 5 nitrogen and oxygen atoms in total. The third kappa shape index (κ3) is 8.89. The van der Waals surface area contributed by atoms with Gasteiger partial charge in [-0.25, -0.2) is 12.8 Å². The molecule has 0 heterocycles. The van der Waals surface area contributed by atoms with E-state index in [1.165, 1.54) is 18.4 Å². The minimum atomic E-state index is -2.97. The minimum absolute atomic E-state index is 0.0775. The second kappa shape index (κ2) is 9.68. The van der Waals surface area contributed by atoms with Gasteiger partial charge in [0.05, 0.1) is 5.75 Å². The molecular formula is C14H22FN3O2S2. The fourth-order valence-corrected chi connectivity index (χ4v) is 2.90. The third-order valence-electron chi connectivity index (χ3n) is 2.68. The molecule has 0 atom stereocenters. The first-order chi connectivity index (χ1) is 10.4. The number of nitrogens with one attached hydrogen (secondary N) is 2. The topological polar surface area (TPSA) is 70.6 Å². The first-order valence-electron chi connectivity index (χ1n) is 6.91. The number of nitrogens with zero attached hydrogens (tertiary/aromatic N) is 1. The van der Waals surface area contributed by atoms with Crippen molar-refractivity contribution in [2.24, 2.45) is 4.99 Å². The molecule has 0 radical (unpaired) electrons. The first kappa shape index (κ1) is 18.8. The highest BCUT2D eigenvalue weighted by molar-refractivity contribution is 7.99. The molecule has 1 aromatic rings. The molecule has 0 spiro atoms. The zero-order chi connectivity index (χ0) is 16.4. The molecule has 0 aliphatic carbocycles. The molecule has 22 heavy (non-hydrogen) atoms. The van der Waals surface area contributed by atoms with Crippen LogP contribution in [0.25, 0.3) is 0 Å². The van der Waals surface area contributed by atoms with E-state index in [-0.39, 0.29) is 11.6 Å². The minimum Gasteiger partial charge on any atom is -0.356 e. The Labute approximate surface area is 135 Å². The van der Waals surface area contributed by atoms with Gasteiger partial charge < -0.3 is 10.6 Å². The van der Waals surface area contributed by atoms with E-state index in [1.807, 2.05) is 0 Å². The van der Waals surface area contributed by atoms with E-state index in [2.05, 4.69) is 15.6 Å². The number of hydrogen-bond donors (Lipinski definition) is 2. The summed E-state index contributed by atoms with van der Waals surface area (Å²) in [6.45, 7) is 1.07. The van der Waals surface area contributed by atoms with Crippen LogP contribution in [0.1, 0.15) is 6.42 Å². The number of aliphatic imine (C=N–C) groups is 1. The maximum absolute atomic E-state index is 12.8. The molecule has 0 amide bonds. The lowest BCUT2D eigenvalue weighted by molar-refractivity contribution is 0.600. The van der Waals surface area contributed by atoms with Crippen molar-refractivity contribution in [2.45, 2.75) is 11.3 Å². The summed E-state index contributed by atoms with van der Waals surface area (Å²) in [5.74, 6) is 1.35. The van der Waals surface area contributed by atoms with Crippen LogP contribution in [-0.4, -0.2) is 52.3 Å². The smallest absolute Gasteiger partial charge is 0.191 e. The number of hydrogen-bond acceptors (Lipinski definition) is 4. The second-order valence-electron chi connectivity index (χ2n) is 4.71. The van der Waals surface area contributed by atoms with Crippen LogP contribution in [0.4, 0.5) is 4.39 Å². The van der Waals surface area contributed by atoms with E-state index in [1.54, 1.807) is 30.9 Å². The number of sulfone groups is 1. The molecule has 0 saturated carbocycles. The number of benzene rings is 1. The lowest BCUT2D eigenvalue weighted by atomic mass is 10.4. The van der Waals surface area contributed by atoms with Gasteiger partial charge in [0.15, 0.2) is 5.96 Å². The second-order valence-corrected chi connectivity index (χ2v) is 8.14. The van der Waals surface area contributed by atoms with Crippen molar-refractivity contribution in [3.05, 3.63) is 30.1 Å². The van der Waals surface area contributed by atoms with Crippen molar-refractivity contribution in [1.82, 2.24) is 10.6 Å². The van der Waals surface area contributed by atoms with Crippen molar-refractivity contribution >= 4 is 27.6 Å². The van der Waals surface area contributed by atoms with E-state index in [0.29, 0.717) is 12.5 Å². The Morgan fingerprint density at radius 2 is 1.86 bits per heavy atom.